The number of rotatable bonds is 3. The van der Waals surface area contributed by atoms with Crippen molar-refractivity contribution in [3.8, 4) is 16.8 Å². The number of aromatic nitrogens is 2. The van der Waals surface area contributed by atoms with E-state index in [9.17, 15) is 0 Å². The molecule has 0 radical (unpaired) electrons. The van der Waals surface area contributed by atoms with E-state index in [0.29, 0.717) is 0 Å². The molecular weight excluding hydrogens is 737 g/mol. The van der Waals surface area contributed by atoms with E-state index in [1.54, 1.807) is 0 Å². The zero-order valence-electron chi connectivity index (χ0n) is 31.8. The van der Waals surface area contributed by atoms with Crippen molar-refractivity contribution in [2.45, 2.75) is 6.04 Å². The zero-order chi connectivity index (χ0) is 38.6. The lowest BCUT2D eigenvalue weighted by molar-refractivity contribution is 0.732. The first-order chi connectivity index (χ1) is 29.2. The Bertz CT molecular complexity index is 3720. The third-order valence-corrected chi connectivity index (χ3v) is 13.5. The van der Waals surface area contributed by atoms with E-state index in [0.717, 1.165) is 22.7 Å². The Morgan fingerprint density at radius 1 is 0.424 bits per heavy atom. The van der Waals surface area contributed by atoms with Crippen LogP contribution in [-0.2, 0) is 0 Å². The van der Waals surface area contributed by atoms with Crippen LogP contribution in [0.5, 0.6) is 0 Å². The first-order valence-corrected chi connectivity index (χ1v) is 21.0. The van der Waals surface area contributed by atoms with Gasteiger partial charge >= 0.3 is 0 Å². The van der Waals surface area contributed by atoms with Crippen molar-refractivity contribution in [2.24, 2.45) is 4.99 Å². The molecule has 0 saturated carbocycles. The molecule has 0 saturated heterocycles. The molecule has 1 atom stereocenters. The second-order valence-electron chi connectivity index (χ2n) is 15.6. The molecule has 12 aromatic rings. The molecule has 3 aromatic heterocycles. The van der Waals surface area contributed by atoms with Crippen molar-refractivity contribution in [3.05, 3.63) is 205 Å². The summed E-state index contributed by atoms with van der Waals surface area (Å²) in [6.45, 7) is 0. The fourth-order valence-electron chi connectivity index (χ4n) is 9.61. The zero-order valence-corrected chi connectivity index (χ0v) is 32.6. The number of nitrogens with one attached hydrogen (secondary N) is 1. The molecule has 0 fully saturated rings. The highest BCUT2D eigenvalue weighted by Gasteiger charge is 2.27. The summed E-state index contributed by atoms with van der Waals surface area (Å²) in [4.78, 5) is 5.33. The van der Waals surface area contributed by atoms with Crippen molar-refractivity contribution in [3.63, 3.8) is 0 Å². The Balaban J connectivity index is 0.938. The van der Waals surface area contributed by atoms with Crippen LogP contribution >= 0.6 is 11.3 Å². The van der Waals surface area contributed by atoms with Gasteiger partial charge in [0.25, 0.3) is 0 Å². The molecule has 4 nitrogen and oxygen atoms in total. The van der Waals surface area contributed by atoms with Crippen LogP contribution in [0.4, 0.5) is 5.69 Å². The molecule has 9 aromatic carbocycles. The standard InChI is InChI=1S/C54H34N4S/c1-2-14-38(15-3-1)57-47-20-10-7-16-39(47)43-28-35(23-26-49(43)57)36-24-27-50-44(29-36)40-17-8-11-21-48(40)58(50)54-55-46-19-9-6-18-42(46)53(56-54)37-22-25-41-45-30-33-12-4-5-13-34(33)31-52(45)59-51(41)32-37/h1-32,53H,(H,55,56). The summed E-state index contributed by atoms with van der Waals surface area (Å²) in [5.74, 6) is 0.825. The SMILES string of the molecule is c1ccc(-n2c3ccccc3c3cc(-c4ccc5c(c4)c4ccccc4n5C4=Nc5ccccc5C(c5ccc6c(c5)sc5cc7ccccc7cc56)N4)ccc32)cc1. The van der Waals surface area contributed by atoms with Crippen LogP contribution in [0.3, 0.4) is 0 Å². The number of hydrogen-bond acceptors (Lipinski definition) is 3. The van der Waals surface area contributed by atoms with Gasteiger partial charge in [-0.3, -0.25) is 4.57 Å². The summed E-state index contributed by atoms with van der Waals surface area (Å²) >= 11 is 1.87. The molecule has 276 valence electrons. The number of fused-ring (bicyclic) bond motifs is 11. The smallest absolute Gasteiger partial charge is 0.209 e. The average molecular weight is 771 g/mol. The highest BCUT2D eigenvalue weighted by atomic mass is 32.1. The molecule has 1 unspecified atom stereocenters. The Morgan fingerprint density at radius 3 is 1.78 bits per heavy atom. The predicted molar refractivity (Wildman–Crippen MR) is 250 cm³/mol. The van der Waals surface area contributed by atoms with Crippen molar-refractivity contribution in [1.82, 2.24) is 14.5 Å². The third kappa shape index (κ3) is 4.92. The van der Waals surface area contributed by atoms with E-state index >= 15 is 0 Å². The maximum atomic E-state index is 5.33. The van der Waals surface area contributed by atoms with Gasteiger partial charge < -0.3 is 9.88 Å². The topological polar surface area (TPSA) is 34.2 Å². The van der Waals surface area contributed by atoms with Gasteiger partial charge in [0.2, 0.25) is 5.96 Å². The molecule has 0 spiro atoms. The van der Waals surface area contributed by atoms with Gasteiger partial charge in [0.15, 0.2) is 0 Å². The average Bonchev–Trinajstić information content (AvgIpc) is 3.94. The minimum absolute atomic E-state index is 0.0763. The monoisotopic (exact) mass is 770 g/mol. The maximum Gasteiger partial charge on any atom is 0.209 e. The first-order valence-electron chi connectivity index (χ1n) is 20.2. The van der Waals surface area contributed by atoms with Crippen molar-refractivity contribution >= 4 is 97.5 Å². The van der Waals surface area contributed by atoms with Crippen molar-refractivity contribution in [2.75, 3.05) is 0 Å². The fourth-order valence-corrected chi connectivity index (χ4v) is 10.8. The lowest BCUT2D eigenvalue weighted by atomic mass is 9.95. The number of para-hydroxylation sites is 4. The van der Waals surface area contributed by atoms with E-state index in [1.807, 2.05) is 11.3 Å². The molecule has 59 heavy (non-hydrogen) atoms. The van der Waals surface area contributed by atoms with Gasteiger partial charge in [0, 0.05) is 53.0 Å². The lowest BCUT2D eigenvalue weighted by Gasteiger charge is -2.28. The number of hydrogen-bond donors (Lipinski definition) is 1. The van der Waals surface area contributed by atoms with Gasteiger partial charge in [-0.1, -0.05) is 121 Å². The minimum Gasteiger partial charge on any atom is -0.344 e. The van der Waals surface area contributed by atoms with Gasteiger partial charge in [-0.05, 0) is 100 Å². The Morgan fingerprint density at radius 2 is 1.02 bits per heavy atom. The van der Waals surface area contributed by atoms with Crippen molar-refractivity contribution in [1.29, 1.82) is 0 Å². The number of nitrogens with zero attached hydrogens (tertiary/aromatic N) is 3. The molecule has 4 heterocycles. The maximum absolute atomic E-state index is 5.33. The Kier molecular flexibility index (Phi) is 6.91. The first kappa shape index (κ1) is 32.6. The summed E-state index contributed by atoms with van der Waals surface area (Å²) in [6.07, 6.45) is 0. The number of benzene rings is 9. The van der Waals surface area contributed by atoms with Crippen LogP contribution in [0.1, 0.15) is 17.2 Å². The van der Waals surface area contributed by atoms with Gasteiger partial charge in [-0.15, -0.1) is 11.3 Å². The predicted octanol–water partition coefficient (Wildman–Crippen LogP) is 14.3. The molecule has 5 heteroatoms. The second-order valence-corrected chi connectivity index (χ2v) is 16.7. The molecule has 0 amide bonds. The van der Waals surface area contributed by atoms with E-state index in [2.05, 4.69) is 209 Å². The fraction of sp³-hybridized carbons (Fsp3) is 0.0185. The lowest BCUT2D eigenvalue weighted by Crippen LogP contribution is -2.36. The molecular formula is C54H34N4S. The van der Waals surface area contributed by atoms with E-state index in [1.165, 1.54) is 91.5 Å². The second kappa shape index (κ2) is 12.5. The molecule has 1 N–H and O–H groups in total. The molecule has 0 bridgehead atoms. The van der Waals surface area contributed by atoms with Crippen LogP contribution in [0.15, 0.2) is 199 Å². The molecule has 13 rings (SSSR count). The van der Waals surface area contributed by atoms with Crippen LogP contribution in [0.25, 0.3) is 91.4 Å². The highest BCUT2D eigenvalue weighted by Crippen LogP contribution is 2.42. The Hall–Kier alpha value is -7.47. The summed E-state index contributed by atoms with van der Waals surface area (Å²) in [5, 5.41) is 14.0. The largest absolute Gasteiger partial charge is 0.344 e. The normalized spacial score (nSPS) is 14.2. The van der Waals surface area contributed by atoms with Crippen LogP contribution < -0.4 is 5.32 Å². The van der Waals surface area contributed by atoms with Gasteiger partial charge in [-0.2, -0.15) is 0 Å². The van der Waals surface area contributed by atoms with Gasteiger partial charge in [-0.25, -0.2) is 4.99 Å². The van der Waals surface area contributed by atoms with E-state index < -0.39 is 0 Å². The van der Waals surface area contributed by atoms with Crippen LogP contribution in [0, 0.1) is 0 Å². The summed E-state index contributed by atoms with van der Waals surface area (Å²) in [6, 6.07) is 70.7. The van der Waals surface area contributed by atoms with E-state index in [4.69, 9.17) is 4.99 Å². The summed E-state index contributed by atoms with van der Waals surface area (Å²) < 4.78 is 7.30. The Labute approximate surface area is 343 Å². The highest BCUT2D eigenvalue weighted by molar-refractivity contribution is 7.25. The van der Waals surface area contributed by atoms with Crippen LogP contribution in [-0.4, -0.2) is 15.1 Å². The minimum atomic E-state index is -0.0763. The molecule has 0 aliphatic carbocycles. The van der Waals surface area contributed by atoms with Crippen LogP contribution in [0.2, 0.25) is 0 Å². The molecule has 1 aliphatic heterocycles. The van der Waals surface area contributed by atoms with Crippen molar-refractivity contribution < 1.29 is 0 Å². The summed E-state index contributed by atoms with van der Waals surface area (Å²) in [7, 11) is 0. The third-order valence-electron chi connectivity index (χ3n) is 12.3. The van der Waals surface area contributed by atoms with Gasteiger partial charge in [0.1, 0.15) is 0 Å². The number of aliphatic imine (C=N–C) groups is 1. The molecule has 1 aliphatic rings. The summed E-state index contributed by atoms with van der Waals surface area (Å²) in [5.41, 5.74) is 11.6. The number of thiophene rings is 1. The van der Waals surface area contributed by atoms with Gasteiger partial charge in [0.05, 0.1) is 33.8 Å². The van der Waals surface area contributed by atoms with E-state index in [-0.39, 0.29) is 6.04 Å². The quantitative estimate of drug-likeness (QED) is 0.191.